The van der Waals surface area contributed by atoms with Gasteiger partial charge >= 0.3 is 0 Å². The van der Waals surface area contributed by atoms with Crippen molar-refractivity contribution in [2.24, 2.45) is 0 Å². The third-order valence-electron chi connectivity index (χ3n) is 5.49. The van der Waals surface area contributed by atoms with E-state index >= 15 is 0 Å². The SMILES string of the molecule is Cc1ccccc1CC(=O)N1CCN(CC(=O)Nc2cccc(C(=O)N(C)C)c2)CC1. The molecule has 2 aromatic carbocycles. The number of hydrogen-bond donors (Lipinski definition) is 1. The highest BCUT2D eigenvalue weighted by molar-refractivity contribution is 5.97. The van der Waals surface area contributed by atoms with Crippen molar-refractivity contribution in [2.45, 2.75) is 13.3 Å². The first-order valence-corrected chi connectivity index (χ1v) is 10.5. The van der Waals surface area contributed by atoms with Crippen LogP contribution in [0.25, 0.3) is 0 Å². The van der Waals surface area contributed by atoms with Crippen LogP contribution in [-0.4, -0.2) is 79.2 Å². The fourth-order valence-electron chi connectivity index (χ4n) is 3.63. The summed E-state index contributed by atoms with van der Waals surface area (Å²) in [4.78, 5) is 42.6. The van der Waals surface area contributed by atoms with Crippen molar-refractivity contribution in [3.63, 3.8) is 0 Å². The first kappa shape index (κ1) is 22.5. The highest BCUT2D eigenvalue weighted by Gasteiger charge is 2.23. The third kappa shape index (κ3) is 6.15. The van der Waals surface area contributed by atoms with Crippen molar-refractivity contribution in [3.8, 4) is 0 Å². The fraction of sp³-hybridized carbons (Fsp3) is 0.375. The van der Waals surface area contributed by atoms with E-state index in [-0.39, 0.29) is 24.3 Å². The number of aryl methyl sites for hydroxylation is 1. The second kappa shape index (κ2) is 10.2. The first-order chi connectivity index (χ1) is 14.8. The van der Waals surface area contributed by atoms with E-state index in [1.165, 1.54) is 4.90 Å². The van der Waals surface area contributed by atoms with Gasteiger partial charge in [0, 0.05) is 51.5 Å². The average Bonchev–Trinajstić information content (AvgIpc) is 2.75. The van der Waals surface area contributed by atoms with Crippen LogP contribution in [0.15, 0.2) is 48.5 Å². The van der Waals surface area contributed by atoms with Crippen LogP contribution in [0.3, 0.4) is 0 Å². The van der Waals surface area contributed by atoms with Gasteiger partial charge in [0.05, 0.1) is 13.0 Å². The van der Waals surface area contributed by atoms with Gasteiger partial charge in [0.1, 0.15) is 0 Å². The second-order valence-electron chi connectivity index (χ2n) is 8.09. The van der Waals surface area contributed by atoms with Crippen molar-refractivity contribution in [1.29, 1.82) is 0 Å². The molecular formula is C24H30N4O3. The number of piperazine rings is 1. The van der Waals surface area contributed by atoms with Crippen LogP contribution in [0.2, 0.25) is 0 Å². The molecule has 0 aromatic heterocycles. The lowest BCUT2D eigenvalue weighted by molar-refractivity contribution is -0.132. The molecule has 0 atom stereocenters. The maximum absolute atomic E-state index is 12.6. The molecule has 31 heavy (non-hydrogen) atoms. The summed E-state index contributed by atoms with van der Waals surface area (Å²) >= 11 is 0. The summed E-state index contributed by atoms with van der Waals surface area (Å²) in [7, 11) is 3.39. The summed E-state index contributed by atoms with van der Waals surface area (Å²) in [5.74, 6) is -0.113. The van der Waals surface area contributed by atoms with Gasteiger partial charge in [-0.2, -0.15) is 0 Å². The van der Waals surface area contributed by atoms with Crippen molar-refractivity contribution < 1.29 is 14.4 Å². The standard InChI is InChI=1S/C24H30N4O3/c1-18-7-4-5-8-19(18)16-23(30)28-13-11-27(12-14-28)17-22(29)25-21-10-6-9-20(15-21)24(31)26(2)3/h4-10,15H,11-14,16-17H2,1-3H3,(H,25,29). The predicted octanol–water partition coefficient (Wildman–Crippen LogP) is 2.02. The summed E-state index contributed by atoms with van der Waals surface area (Å²) in [6, 6.07) is 14.9. The molecule has 1 heterocycles. The van der Waals surface area contributed by atoms with Gasteiger partial charge in [-0.25, -0.2) is 0 Å². The molecule has 164 valence electrons. The molecule has 0 saturated carbocycles. The highest BCUT2D eigenvalue weighted by Crippen LogP contribution is 2.13. The number of rotatable bonds is 6. The lowest BCUT2D eigenvalue weighted by atomic mass is 10.1. The number of carbonyl (C=O) groups is 3. The molecule has 1 fully saturated rings. The Morgan fingerprint density at radius 1 is 0.968 bits per heavy atom. The lowest BCUT2D eigenvalue weighted by Gasteiger charge is -2.34. The Kier molecular flexibility index (Phi) is 7.41. The van der Waals surface area contributed by atoms with Gasteiger partial charge in [0.15, 0.2) is 0 Å². The average molecular weight is 423 g/mol. The van der Waals surface area contributed by atoms with E-state index in [1.807, 2.05) is 41.0 Å². The van der Waals surface area contributed by atoms with E-state index in [4.69, 9.17) is 0 Å². The summed E-state index contributed by atoms with van der Waals surface area (Å²) in [6.45, 7) is 4.82. The van der Waals surface area contributed by atoms with Crippen LogP contribution in [0.4, 0.5) is 5.69 Å². The zero-order valence-corrected chi connectivity index (χ0v) is 18.4. The molecule has 3 rings (SSSR count). The van der Waals surface area contributed by atoms with E-state index in [2.05, 4.69) is 5.32 Å². The van der Waals surface area contributed by atoms with Crippen LogP contribution >= 0.6 is 0 Å². The van der Waals surface area contributed by atoms with Crippen molar-refractivity contribution >= 4 is 23.4 Å². The summed E-state index contributed by atoms with van der Waals surface area (Å²) < 4.78 is 0. The molecule has 1 aliphatic heterocycles. The number of carbonyl (C=O) groups excluding carboxylic acids is 3. The van der Waals surface area contributed by atoms with Gasteiger partial charge in [0.25, 0.3) is 5.91 Å². The minimum absolute atomic E-state index is 0.109. The van der Waals surface area contributed by atoms with Crippen LogP contribution < -0.4 is 5.32 Å². The maximum atomic E-state index is 12.6. The molecule has 0 spiro atoms. The van der Waals surface area contributed by atoms with E-state index in [0.29, 0.717) is 43.9 Å². The Balaban J connectivity index is 1.47. The minimum Gasteiger partial charge on any atom is -0.345 e. The first-order valence-electron chi connectivity index (χ1n) is 10.5. The van der Waals surface area contributed by atoms with Gasteiger partial charge in [-0.15, -0.1) is 0 Å². The largest absolute Gasteiger partial charge is 0.345 e. The van der Waals surface area contributed by atoms with Gasteiger partial charge in [-0.1, -0.05) is 30.3 Å². The molecule has 7 heteroatoms. The molecule has 0 unspecified atom stereocenters. The molecule has 7 nitrogen and oxygen atoms in total. The Bertz CT molecular complexity index is 949. The van der Waals surface area contributed by atoms with Gasteiger partial charge in [0.2, 0.25) is 11.8 Å². The third-order valence-corrected chi connectivity index (χ3v) is 5.49. The molecule has 0 aliphatic carbocycles. The number of hydrogen-bond acceptors (Lipinski definition) is 4. The lowest BCUT2D eigenvalue weighted by Crippen LogP contribution is -2.50. The molecule has 1 aliphatic rings. The second-order valence-corrected chi connectivity index (χ2v) is 8.09. The Hall–Kier alpha value is -3.19. The van der Waals surface area contributed by atoms with Crippen molar-refractivity contribution in [1.82, 2.24) is 14.7 Å². The van der Waals surface area contributed by atoms with E-state index in [1.54, 1.807) is 38.4 Å². The van der Waals surface area contributed by atoms with Crippen molar-refractivity contribution in [3.05, 3.63) is 65.2 Å². The minimum atomic E-state index is -0.130. The summed E-state index contributed by atoms with van der Waals surface area (Å²) in [5.41, 5.74) is 3.32. The number of anilines is 1. The zero-order valence-electron chi connectivity index (χ0n) is 18.4. The predicted molar refractivity (Wildman–Crippen MR) is 121 cm³/mol. The quantitative estimate of drug-likeness (QED) is 0.773. The van der Waals surface area contributed by atoms with Crippen LogP contribution in [0.5, 0.6) is 0 Å². The molecule has 0 radical (unpaired) electrons. The molecule has 1 saturated heterocycles. The summed E-state index contributed by atoms with van der Waals surface area (Å²) in [5, 5.41) is 2.86. The number of nitrogens with zero attached hydrogens (tertiary/aromatic N) is 3. The van der Waals surface area contributed by atoms with E-state index in [0.717, 1.165) is 11.1 Å². The van der Waals surface area contributed by atoms with Crippen LogP contribution in [0.1, 0.15) is 21.5 Å². The Labute approximate surface area is 183 Å². The monoisotopic (exact) mass is 422 g/mol. The van der Waals surface area contributed by atoms with Crippen LogP contribution in [-0.2, 0) is 16.0 Å². The van der Waals surface area contributed by atoms with Gasteiger partial charge < -0.3 is 15.1 Å². The summed E-state index contributed by atoms with van der Waals surface area (Å²) in [6.07, 6.45) is 0.412. The number of benzene rings is 2. The zero-order chi connectivity index (χ0) is 22.4. The maximum Gasteiger partial charge on any atom is 0.253 e. The Morgan fingerprint density at radius 3 is 2.35 bits per heavy atom. The van der Waals surface area contributed by atoms with E-state index < -0.39 is 0 Å². The van der Waals surface area contributed by atoms with Gasteiger partial charge in [-0.3, -0.25) is 19.3 Å². The molecule has 0 bridgehead atoms. The van der Waals surface area contributed by atoms with Gasteiger partial charge in [-0.05, 0) is 36.2 Å². The number of amides is 3. The number of nitrogens with one attached hydrogen (secondary N) is 1. The topological polar surface area (TPSA) is 73.0 Å². The van der Waals surface area contributed by atoms with Crippen molar-refractivity contribution in [2.75, 3.05) is 52.1 Å². The molecule has 1 N–H and O–H groups in total. The highest BCUT2D eigenvalue weighted by atomic mass is 16.2. The molecular weight excluding hydrogens is 392 g/mol. The molecule has 2 aromatic rings. The smallest absolute Gasteiger partial charge is 0.253 e. The van der Waals surface area contributed by atoms with E-state index in [9.17, 15) is 14.4 Å². The fourth-order valence-corrected chi connectivity index (χ4v) is 3.63. The Morgan fingerprint density at radius 2 is 1.68 bits per heavy atom. The van der Waals surface area contributed by atoms with Crippen LogP contribution in [0, 0.1) is 6.92 Å². The molecule has 3 amide bonds. The normalized spacial score (nSPS) is 14.2.